The van der Waals surface area contributed by atoms with Crippen molar-refractivity contribution >= 4 is 28.4 Å². The van der Waals surface area contributed by atoms with Crippen molar-refractivity contribution in [3.63, 3.8) is 0 Å². The Balaban J connectivity index is 1.16. The quantitative estimate of drug-likeness (QED) is 0.651. The monoisotopic (exact) mass is 448 g/mol. The van der Waals surface area contributed by atoms with Crippen molar-refractivity contribution in [2.75, 3.05) is 44.2 Å². The molecule has 1 N–H and O–H groups in total. The van der Waals surface area contributed by atoms with Gasteiger partial charge in [0.15, 0.2) is 0 Å². The number of anilines is 1. The van der Waals surface area contributed by atoms with Gasteiger partial charge in [0.2, 0.25) is 11.8 Å². The minimum atomic E-state index is -0.289. The number of para-hydroxylation sites is 1. The number of aromatic amines is 1. The van der Waals surface area contributed by atoms with Crippen LogP contribution in [0.1, 0.15) is 17.5 Å². The van der Waals surface area contributed by atoms with Crippen molar-refractivity contribution in [2.24, 2.45) is 5.92 Å². The molecule has 0 spiro atoms. The number of H-pyrrole nitrogens is 1. The average molecular weight is 449 g/mol. The number of carbonyl (C=O) groups excluding carboxylic acids is 2. The van der Waals surface area contributed by atoms with Crippen molar-refractivity contribution in [1.82, 2.24) is 14.8 Å². The van der Waals surface area contributed by atoms with Crippen molar-refractivity contribution in [3.05, 3.63) is 65.6 Å². The van der Waals surface area contributed by atoms with E-state index >= 15 is 0 Å². The maximum atomic E-state index is 14.1. The first-order chi connectivity index (χ1) is 16.0. The summed E-state index contributed by atoms with van der Waals surface area (Å²) in [5.41, 5.74) is 4.09. The highest BCUT2D eigenvalue weighted by atomic mass is 19.1. The van der Waals surface area contributed by atoms with Crippen molar-refractivity contribution in [1.29, 1.82) is 0 Å². The van der Waals surface area contributed by atoms with Crippen LogP contribution in [0.4, 0.5) is 10.1 Å². The molecule has 6 nitrogen and oxygen atoms in total. The lowest BCUT2D eigenvalue weighted by Crippen LogP contribution is -2.51. The van der Waals surface area contributed by atoms with Crippen LogP contribution in [-0.4, -0.2) is 65.9 Å². The summed E-state index contributed by atoms with van der Waals surface area (Å²) in [6.07, 6.45) is 3.05. The zero-order chi connectivity index (χ0) is 22.9. The van der Waals surface area contributed by atoms with Gasteiger partial charge in [-0.05, 0) is 43.2 Å². The number of benzene rings is 2. The van der Waals surface area contributed by atoms with Gasteiger partial charge in [0.05, 0.1) is 11.6 Å². The van der Waals surface area contributed by atoms with Gasteiger partial charge in [0.25, 0.3) is 0 Å². The lowest BCUT2D eigenvalue weighted by molar-refractivity contribution is -0.136. The van der Waals surface area contributed by atoms with Crippen molar-refractivity contribution in [2.45, 2.75) is 19.8 Å². The van der Waals surface area contributed by atoms with E-state index in [1.807, 2.05) is 27.0 Å². The molecule has 33 heavy (non-hydrogen) atoms. The zero-order valence-electron chi connectivity index (χ0n) is 18.9. The molecular formula is C26H29FN4O2. The number of nitrogens with zero attached hydrogens (tertiary/aromatic N) is 3. The van der Waals surface area contributed by atoms with E-state index in [1.54, 1.807) is 12.1 Å². The smallest absolute Gasteiger partial charge is 0.228 e. The predicted octanol–water partition coefficient (Wildman–Crippen LogP) is 3.36. The van der Waals surface area contributed by atoms with Crippen LogP contribution in [0, 0.1) is 18.7 Å². The van der Waals surface area contributed by atoms with Crippen molar-refractivity contribution < 1.29 is 14.0 Å². The summed E-state index contributed by atoms with van der Waals surface area (Å²) in [7, 11) is 0. The molecule has 0 saturated carbocycles. The van der Waals surface area contributed by atoms with Gasteiger partial charge in [0, 0.05) is 62.8 Å². The van der Waals surface area contributed by atoms with Crippen LogP contribution in [0.25, 0.3) is 10.9 Å². The Morgan fingerprint density at radius 2 is 1.91 bits per heavy atom. The molecule has 3 aromatic rings. The van der Waals surface area contributed by atoms with Gasteiger partial charge in [-0.25, -0.2) is 4.39 Å². The summed E-state index contributed by atoms with van der Waals surface area (Å²) in [4.78, 5) is 34.7. The van der Waals surface area contributed by atoms with Gasteiger partial charge in [-0.2, -0.15) is 0 Å². The number of fused-ring (bicyclic) bond motifs is 1. The number of piperazine rings is 1. The average Bonchev–Trinajstić information content (AvgIpc) is 3.40. The van der Waals surface area contributed by atoms with E-state index in [0.717, 1.165) is 11.9 Å². The first-order valence-corrected chi connectivity index (χ1v) is 11.6. The van der Waals surface area contributed by atoms with Crippen LogP contribution in [0.15, 0.2) is 48.7 Å². The molecule has 0 unspecified atom stereocenters. The van der Waals surface area contributed by atoms with Gasteiger partial charge in [-0.3, -0.25) is 9.59 Å². The highest BCUT2D eigenvalue weighted by Crippen LogP contribution is 2.25. The van der Waals surface area contributed by atoms with E-state index in [2.05, 4.69) is 30.1 Å². The third-order valence-corrected chi connectivity index (χ3v) is 6.92. The molecule has 172 valence electrons. The number of hydrogen-bond donors (Lipinski definition) is 1. The van der Waals surface area contributed by atoms with Crippen LogP contribution >= 0.6 is 0 Å². The number of rotatable bonds is 5. The molecule has 1 aromatic heterocycles. The van der Waals surface area contributed by atoms with Crippen LogP contribution in [0.3, 0.4) is 0 Å². The Hall–Kier alpha value is -3.35. The van der Waals surface area contributed by atoms with E-state index < -0.39 is 0 Å². The summed E-state index contributed by atoms with van der Waals surface area (Å²) in [6, 6.07) is 13.1. The number of carbonyl (C=O) groups is 2. The molecular weight excluding hydrogens is 419 g/mol. The third-order valence-electron chi connectivity index (χ3n) is 6.92. The van der Waals surface area contributed by atoms with Gasteiger partial charge < -0.3 is 19.7 Å². The van der Waals surface area contributed by atoms with E-state index in [1.165, 1.54) is 22.6 Å². The Labute approximate surface area is 193 Å². The van der Waals surface area contributed by atoms with Crippen LogP contribution in [-0.2, 0) is 16.0 Å². The van der Waals surface area contributed by atoms with Gasteiger partial charge >= 0.3 is 0 Å². The fourth-order valence-electron chi connectivity index (χ4n) is 5.04. The summed E-state index contributed by atoms with van der Waals surface area (Å²) in [6.45, 7) is 5.46. The Morgan fingerprint density at radius 1 is 1.12 bits per heavy atom. The molecule has 0 radical (unpaired) electrons. The highest BCUT2D eigenvalue weighted by molar-refractivity contribution is 5.89. The largest absolute Gasteiger partial charge is 0.366 e. The fraction of sp³-hybridized carbons (Fsp3) is 0.385. The molecule has 0 bridgehead atoms. The van der Waals surface area contributed by atoms with Crippen molar-refractivity contribution in [3.8, 4) is 0 Å². The number of aromatic nitrogens is 1. The summed E-state index contributed by atoms with van der Waals surface area (Å²) in [5, 5.41) is 1.20. The zero-order valence-corrected chi connectivity index (χ0v) is 18.9. The number of aryl methyl sites for hydroxylation is 1. The maximum absolute atomic E-state index is 14.1. The van der Waals surface area contributed by atoms with Gasteiger partial charge in [-0.15, -0.1) is 0 Å². The molecule has 2 aliphatic heterocycles. The Morgan fingerprint density at radius 3 is 2.70 bits per heavy atom. The molecule has 1 atom stereocenters. The Bertz CT molecular complexity index is 1180. The second kappa shape index (κ2) is 8.89. The van der Waals surface area contributed by atoms with Gasteiger partial charge in [0.1, 0.15) is 5.82 Å². The highest BCUT2D eigenvalue weighted by Gasteiger charge is 2.37. The molecule has 3 heterocycles. The number of halogens is 1. The molecule has 7 heteroatoms. The second-order valence-electron chi connectivity index (χ2n) is 9.12. The summed E-state index contributed by atoms with van der Waals surface area (Å²) in [5.74, 6) is -0.432. The van der Waals surface area contributed by atoms with E-state index in [0.29, 0.717) is 45.0 Å². The first kappa shape index (κ1) is 21.5. The molecule has 2 amide bonds. The number of likely N-dealkylation sites (tertiary alicyclic amines) is 1. The molecule has 2 saturated heterocycles. The molecule has 0 aliphatic carbocycles. The molecule has 2 aliphatic rings. The van der Waals surface area contributed by atoms with Crippen LogP contribution < -0.4 is 4.90 Å². The maximum Gasteiger partial charge on any atom is 0.228 e. The standard InChI is InChI=1S/C26H29FN4O2/c1-18-6-7-23-21(14-18)19(16-28-23)8-9-31-17-20(15-25(31)32)26(33)30-12-10-29(11-13-30)24-5-3-2-4-22(24)27/h2-7,14,16,20,28H,8-13,15,17H2,1H3/t20-/m1/s1. The third kappa shape index (κ3) is 4.32. The summed E-state index contributed by atoms with van der Waals surface area (Å²) >= 11 is 0. The minimum Gasteiger partial charge on any atom is -0.366 e. The normalized spacial score (nSPS) is 19.0. The van der Waals surface area contributed by atoms with E-state index in [-0.39, 0.29) is 30.0 Å². The van der Waals surface area contributed by atoms with Crippen LogP contribution in [0.2, 0.25) is 0 Å². The Kier molecular flexibility index (Phi) is 5.79. The number of amides is 2. The first-order valence-electron chi connectivity index (χ1n) is 11.6. The lowest BCUT2D eigenvalue weighted by atomic mass is 10.1. The van der Waals surface area contributed by atoms with Gasteiger partial charge in [-0.1, -0.05) is 23.8 Å². The number of nitrogens with one attached hydrogen (secondary N) is 1. The summed E-state index contributed by atoms with van der Waals surface area (Å²) < 4.78 is 14.1. The topological polar surface area (TPSA) is 59.7 Å². The minimum absolute atomic E-state index is 0.0433. The molecule has 5 rings (SSSR count). The number of hydrogen-bond acceptors (Lipinski definition) is 3. The van der Waals surface area contributed by atoms with Crippen LogP contribution in [0.5, 0.6) is 0 Å². The molecule has 2 fully saturated rings. The van der Waals surface area contributed by atoms with E-state index in [9.17, 15) is 14.0 Å². The second-order valence-corrected chi connectivity index (χ2v) is 9.12. The SMILES string of the molecule is Cc1ccc2[nH]cc(CCN3C[C@H](C(=O)N4CCN(c5ccccc5F)CC4)CC3=O)c2c1. The van der Waals surface area contributed by atoms with E-state index in [4.69, 9.17) is 0 Å². The fourth-order valence-corrected chi connectivity index (χ4v) is 5.04. The predicted molar refractivity (Wildman–Crippen MR) is 127 cm³/mol. The lowest BCUT2D eigenvalue weighted by Gasteiger charge is -2.37. The molecule has 2 aromatic carbocycles.